The molecule has 0 saturated heterocycles. The maximum Gasteiger partial charge on any atom is 0.446 e. The molecule has 0 atom stereocenters. The average Bonchev–Trinajstić information content (AvgIpc) is 2.62. The molecule has 0 fully saturated rings. The number of esters is 1. The zero-order chi connectivity index (χ0) is 17.4. The van der Waals surface area contributed by atoms with E-state index < -0.39 is 17.5 Å². The van der Waals surface area contributed by atoms with Crippen molar-refractivity contribution in [2.75, 3.05) is 6.61 Å². The molecule has 2 rings (SSSR count). The number of para-hydroxylation sites is 1. The lowest BCUT2D eigenvalue weighted by Gasteiger charge is -2.02. The maximum absolute atomic E-state index is 12.5. The van der Waals surface area contributed by atoms with Crippen LogP contribution in [0.1, 0.15) is 22.8 Å². The van der Waals surface area contributed by atoms with E-state index in [-0.39, 0.29) is 12.2 Å². The Morgan fingerprint density at radius 1 is 1.12 bits per heavy atom. The third kappa shape index (κ3) is 4.09. The Morgan fingerprint density at radius 3 is 2.46 bits per heavy atom. The first-order valence-corrected chi connectivity index (χ1v) is 7.29. The van der Waals surface area contributed by atoms with Crippen molar-refractivity contribution in [3.05, 3.63) is 71.3 Å². The molecule has 6 heteroatoms. The van der Waals surface area contributed by atoms with Crippen LogP contribution in [0.25, 0.3) is 5.53 Å². The van der Waals surface area contributed by atoms with Gasteiger partial charge in [0.15, 0.2) is 0 Å². The minimum atomic E-state index is -0.972. The summed E-state index contributed by atoms with van der Waals surface area (Å²) in [5.41, 5.74) is 9.73. The molecule has 0 saturated carbocycles. The van der Waals surface area contributed by atoms with Gasteiger partial charge in [0, 0.05) is 17.3 Å². The van der Waals surface area contributed by atoms with Gasteiger partial charge >= 0.3 is 11.7 Å². The van der Waals surface area contributed by atoms with Gasteiger partial charge in [0.05, 0.1) is 12.3 Å². The van der Waals surface area contributed by atoms with Gasteiger partial charge in [-0.3, -0.25) is 9.79 Å². The molecule has 0 radical (unpaired) electrons. The van der Waals surface area contributed by atoms with E-state index in [1.54, 1.807) is 25.1 Å². The fourth-order valence-electron chi connectivity index (χ4n) is 1.98. The van der Waals surface area contributed by atoms with Crippen molar-refractivity contribution in [3.63, 3.8) is 0 Å². The van der Waals surface area contributed by atoms with E-state index in [9.17, 15) is 9.59 Å². The van der Waals surface area contributed by atoms with Gasteiger partial charge in [-0.1, -0.05) is 42.5 Å². The van der Waals surface area contributed by atoms with Gasteiger partial charge in [-0.25, -0.2) is 4.79 Å². The normalized spacial score (nSPS) is 10.2. The van der Waals surface area contributed by atoms with E-state index in [1.165, 1.54) is 12.3 Å². The molecule has 0 unspecified atom stereocenters. The Balaban J connectivity index is 2.35. The molecule has 2 aromatic carbocycles. The number of hydrogen-bond donors (Lipinski definition) is 0. The predicted molar refractivity (Wildman–Crippen MR) is 89.7 cm³/mol. The molecular weight excluding hydrogens is 306 g/mol. The van der Waals surface area contributed by atoms with Gasteiger partial charge in [-0.2, -0.15) is 4.79 Å². The van der Waals surface area contributed by atoms with Crippen molar-refractivity contribution in [2.45, 2.75) is 6.92 Å². The SMILES string of the molecule is CCOC(=O)C(=[N+]=[N-])C(=O)c1ccccc1C=Nc1ccccc1. The summed E-state index contributed by atoms with van der Waals surface area (Å²) in [5, 5.41) is 0. The van der Waals surface area contributed by atoms with E-state index in [1.807, 2.05) is 30.3 Å². The van der Waals surface area contributed by atoms with Crippen LogP contribution in [0.2, 0.25) is 0 Å². The molecule has 0 bridgehead atoms. The van der Waals surface area contributed by atoms with Crippen molar-refractivity contribution in [3.8, 4) is 0 Å². The molecule has 0 spiro atoms. The van der Waals surface area contributed by atoms with E-state index in [0.29, 0.717) is 5.56 Å². The van der Waals surface area contributed by atoms with Gasteiger partial charge in [-0.05, 0) is 19.1 Å². The average molecular weight is 321 g/mol. The highest BCUT2D eigenvalue weighted by atomic mass is 16.5. The highest BCUT2D eigenvalue weighted by Gasteiger charge is 2.33. The zero-order valence-corrected chi connectivity index (χ0v) is 13.0. The number of carbonyl (C=O) groups excluding carboxylic acids is 2. The predicted octanol–water partition coefficient (Wildman–Crippen LogP) is 2.85. The van der Waals surface area contributed by atoms with E-state index >= 15 is 0 Å². The number of Topliss-reactive ketones (excluding diaryl/α,β-unsaturated/α-hetero) is 1. The summed E-state index contributed by atoms with van der Waals surface area (Å²) < 4.78 is 4.72. The molecule has 2 aromatic rings. The van der Waals surface area contributed by atoms with Gasteiger partial charge in [0.2, 0.25) is 0 Å². The molecule has 0 aliphatic heterocycles. The Morgan fingerprint density at radius 2 is 1.79 bits per heavy atom. The van der Waals surface area contributed by atoms with Crippen LogP contribution in [0.5, 0.6) is 0 Å². The number of benzene rings is 2. The second-order valence-corrected chi connectivity index (χ2v) is 4.68. The van der Waals surface area contributed by atoms with Crippen LogP contribution in [0.15, 0.2) is 59.6 Å². The summed E-state index contributed by atoms with van der Waals surface area (Å²) in [4.78, 5) is 31.3. The molecule has 0 heterocycles. The molecule has 0 amide bonds. The van der Waals surface area contributed by atoms with Crippen LogP contribution in [-0.4, -0.2) is 35.1 Å². The fourth-order valence-corrected chi connectivity index (χ4v) is 1.98. The minimum Gasteiger partial charge on any atom is -0.457 e. The quantitative estimate of drug-likeness (QED) is 0.204. The van der Waals surface area contributed by atoms with Crippen LogP contribution in [-0.2, 0) is 9.53 Å². The highest BCUT2D eigenvalue weighted by Crippen LogP contribution is 2.13. The van der Waals surface area contributed by atoms with Crippen molar-refractivity contribution < 1.29 is 19.1 Å². The van der Waals surface area contributed by atoms with E-state index in [4.69, 9.17) is 10.3 Å². The molecule has 120 valence electrons. The number of rotatable bonds is 6. The third-order valence-electron chi connectivity index (χ3n) is 3.10. The van der Waals surface area contributed by atoms with Crippen molar-refractivity contribution in [2.24, 2.45) is 4.99 Å². The van der Waals surface area contributed by atoms with Crippen molar-refractivity contribution in [1.82, 2.24) is 0 Å². The summed E-state index contributed by atoms with van der Waals surface area (Å²) >= 11 is 0. The molecule has 0 N–H and O–H groups in total. The van der Waals surface area contributed by atoms with Crippen molar-refractivity contribution >= 4 is 29.4 Å². The molecular formula is C18H15N3O3. The lowest BCUT2D eigenvalue weighted by molar-refractivity contribution is -0.139. The third-order valence-corrected chi connectivity index (χ3v) is 3.10. The number of nitrogens with zero attached hydrogens (tertiary/aromatic N) is 3. The second-order valence-electron chi connectivity index (χ2n) is 4.68. The molecule has 6 nitrogen and oxygen atoms in total. The minimum absolute atomic E-state index is 0.0717. The topological polar surface area (TPSA) is 92.1 Å². The van der Waals surface area contributed by atoms with Gasteiger partial charge in [-0.15, -0.1) is 0 Å². The fraction of sp³-hybridized carbons (Fsp3) is 0.111. The Labute approximate surface area is 139 Å². The van der Waals surface area contributed by atoms with Crippen LogP contribution in [0.4, 0.5) is 5.69 Å². The summed E-state index contributed by atoms with van der Waals surface area (Å²) in [6.07, 6.45) is 1.52. The lowest BCUT2D eigenvalue weighted by atomic mass is 10.0. The number of aliphatic imine (C=N–C) groups is 1. The van der Waals surface area contributed by atoms with Crippen LogP contribution < -0.4 is 0 Å². The van der Waals surface area contributed by atoms with Gasteiger partial charge < -0.3 is 10.3 Å². The van der Waals surface area contributed by atoms with E-state index in [0.717, 1.165) is 5.69 Å². The first-order valence-electron chi connectivity index (χ1n) is 7.29. The number of ether oxygens (including phenoxy) is 1. The second kappa shape index (κ2) is 8.31. The number of hydrogen-bond acceptors (Lipinski definition) is 4. The van der Waals surface area contributed by atoms with E-state index in [2.05, 4.69) is 9.78 Å². The Kier molecular flexibility index (Phi) is 5.88. The van der Waals surface area contributed by atoms with Crippen LogP contribution >= 0.6 is 0 Å². The lowest BCUT2D eigenvalue weighted by Crippen LogP contribution is -2.28. The van der Waals surface area contributed by atoms with Crippen molar-refractivity contribution in [1.29, 1.82) is 0 Å². The monoisotopic (exact) mass is 321 g/mol. The highest BCUT2D eigenvalue weighted by molar-refractivity contribution is 6.66. The smallest absolute Gasteiger partial charge is 0.446 e. The largest absolute Gasteiger partial charge is 0.457 e. The molecule has 0 aliphatic carbocycles. The summed E-state index contributed by atoms with van der Waals surface area (Å²) in [7, 11) is 0. The summed E-state index contributed by atoms with van der Waals surface area (Å²) in [5.74, 6) is -1.70. The molecule has 0 aromatic heterocycles. The number of carbonyl (C=O) groups is 2. The summed E-state index contributed by atoms with van der Waals surface area (Å²) in [6, 6.07) is 15.8. The standard InChI is InChI=1S/C18H15N3O3/c1-2-24-18(23)16(21-19)17(22)15-11-7-6-8-13(15)12-20-14-9-4-3-5-10-14/h3-12H,2H2,1H3. The van der Waals surface area contributed by atoms with Crippen LogP contribution in [0, 0.1) is 0 Å². The maximum atomic E-state index is 12.5. The van der Waals surface area contributed by atoms with Gasteiger partial charge in [0.1, 0.15) is 0 Å². The first-order chi connectivity index (χ1) is 11.7. The Bertz CT molecular complexity index is 822. The first kappa shape index (κ1) is 17.0. The molecule has 24 heavy (non-hydrogen) atoms. The summed E-state index contributed by atoms with van der Waals surface area (Å²) in [6.45, 7) is 1.67. The number of ketones is 1. The zero-order valence-electron chi connectivity index (χ0n) is 13.0. The van der Waals surface area contributed by atoms with Gasteiger partial charge in [0.25, 0.3) is 5.78 Å². The van der Waals surface area contributed by atoms with Crippen LogP contribution in [0.3, 0.4) is 0 Å². The molecule has 0 aliphatic rings. The Hall–Kier alpha value is -3.37.